The number of nitrogens with zero attached hydrogens (tertiary/aromatic N) is 1. The average Bonchev–Trinajstić information content (AvgIpc) is 2.80. The van der Waals surface area contributed by atoms with Gasteiger partial charge in [-0.25, -0.2) is 13.1 Å². The molecule has 0 radical (unpaired) electrons. The van der Waals surface area contributed by atoms with Crippen molar-refractivity contribution in [3.8, 4) is 0 Å². The van der Waals surface area contributed by atoms with Crippen molar-refractivity contribution in [1.29, 1.82) is 0 Å². The fourth-order valence-corrected chi connectivity index (χ4v) is 5.21. The molecule has 8 heteroatoms. The number of amides is 1. The molecule has 164 valence electrons. The molecule has 2 aliphatic heterocycles. The second kappa shape index (κ2) is 9.32. The molecule has 3 atom stereocenters. The van der Waals surface area contributed by atoms with Crippen molar-refractivity contribution in [2.24, 2.45) is 0 Å². The number of benzene rings is 2. The van der Waals surface area contributed by atoms with E-state index in [4.69, 9.17) is 4.74 Å². The van der Waals surface area contributed by atoms with Crippen LogP contribution in [0.1, 0.15) is 17.5 Å². The lowest BCUT2D eigenvalue weighted by molar-refractivity contribution is -0.136. The predicted molar refractivity (Wildman–Crippen MR) is 116 cm³/mol. The molecule has 2 N–H and O–H groups in total. The van der Waals surface area contributed by atoms with Gasteiger partial charge < -0.3 is 14.7 Å². The molecule has 0 fully saturated rings. The van der Waals surface area contributed by atoms with Crippen LogP contribution in [0.15, 0.2) is 71.6 Å². The fraction of sp³-hybridized carbons (Fsp3) is 0.348. The first kappa shape index (κ1) is 21.7. The van der Waals surface area contributed by atoms with Crippen molar-refractivity contribution in [2.75, 3.05) is 13.2 Å². The summed E-state index contributed by atoms with van der Waals surface area (Å²) >= 11 is 0. The average molecular weight is 443 g/mol. The van der Waals surface area contributed by atoms with Gasteiger partial charge in [0.1, 0.15) is 6.10 Å². The van der Waals surface area contributed by atoms with Crippen molar-refractivity contribution in [3.63, 3.8) is 0 Å². The van der Waals surface area contributed by atoms with Crippen LogP contribution >= 0.6 is 0 Å². The van der Waals surface area contributed by atoms with Gasteiger partial charge in [0.2, 0.25) is 15.9 Å². The maximum absolute atomic E-state index is 12.8. The predicted octanol–water partition coefficient (Wildman–Crippen LogP) is 1.62. The summed E-state index contributed by atoms with van der Waals surface area (Å²) in [5, 5.41) is 9.75. The molecule has 1 amide bonds. The summed E-state index contributed by atoms with van der Waals surface area (Å²) in [6.07, 6.45) is 3.04. The molecular weight excluding hydrogens is 416 g/mol. The number of rotatable bonds is 6. The van der Waals surface area contributed by atoms with E-state index >= 15 is 0 Å². The highest BCUT2D eigenvalue weighted by molar-refractivity contribution is 7.89. The second-order valence-electron chi connectivity index (χ2n) is 7.78. The zero-order valence-corrected chi connectivity index (χ0v) is 17.9. The number of hydrogen-bond acceptors (Lipinski definition) is 5. The summed E-state index contributed by atoms with van der Waals surface area (Å²) in [5.74, 6) is -0.0239. The molecule has 0 saturated carbocycles. The Bertz CT molecular complexity index is 1050. The van der Waals surface area contributed by atoms with Crippen molar-refractivity contribution >= 4 is 15.9 Å². The topological polar surface area (TPSA) is 95.9 Å². The Labute approximate surface area is 182 Å². The molecular formula is C23H26N2O5S. The number of hydrogen-bond donors (Lipinski definition) is 2. The molecule has 0 bridgehead atoms. The van der Waals surface area contributed by atoms with Gasteiger partial charge in [-0.2, -0.15) is 0 Å². The minimum atomic E-state index is -3.76. The molecule has 0 spiro atoms. The summed E-state index contributed by atoms with van der Waals surface area (Å²) in [5.41, 5.74) is 2.43. The van der Waals surface area contributed by atoms with Gasteiger partial charge >= 0.3 is 0 Å². The van der Waals surface area contributed by atoms with E-state index in [1.165, 1.54) is 17.7 Å². The maximum Gasteiger partial charge on any atom is 0.241 e. The molecule has 7 nitrogen and oxygen atoms in total. The summed E-state index contributed by atoms with van der Waals surface area (Å²) in [7, 11) is -3.76. The monoisotopic (exact) mass is 442 g/mol. The van der Waals surface area contributed by atoms with Crippen LogP contribution in [0.4, 0.5) is 0 Å². The SMILES string of the molecule is O=C(C[C@H]1C=C[C@@H](NS(=O)(=O)c2ccccc2)[C@H](CO)O1)N1CCc2ccccc2C1. The fourth-order valence-electron chi connectivity index (χ4n) is 3.97. The zero-order chi connectivity index (χ0) is 21.8. The van der Waals surface area contributed by atoms with Crippen molar-refractivity contribution in [1.82, 2.24) is 9.62 Å². The maximum atomic E-state index is 12.8. The number of fused-ring (bicyclic) bond motifs is 1. The molecule has 2 aromatic rings. The van der Waals surface area contributed by atoms with Crippen molar-refractivity contribution in [2.45, 2.75) is 42.5 Å². The van der Waals surface area contributed by atoms with Gasteiger partial charge in [0.15, 0.2) is 0 Å². The molecule has 2 aliphatic rings. The van der Waals surface area contributed by atoms with E-state index in [1.807, 2.05) is 23.1 Å². The zero-order valence-electron chi connectivity index (χ0n) is 17.1. The highest BCUT2D eigenvalue weighted by atomic mass is 32.2. The summed E-state index contributed by atoms with van der Waals surface area (Å²) in [4.78, 5) is 14.8. The summed E-state index contributed by atoms with van der Waals surface area (Å²) < 4.78 is 33.6. The van der Waals surface area contributed by atoms with Crippen LogP contribution in [0.2, 0.25) is 0 Å². The number of aliphatic hydroxyl groups is 1. The first-order valence-corrected chi connectivity index (χ1v) is 11.8. The number of aliphatic hydroxyl groups excluding tert-OH is 1. The van der Waals surface area contributed by atoms with Gasteiger partial charge in [-0.1, -0.05) is 54.6 Å². The Morgan fingerprint density at radius 2 is 1.77 bits per heavy atom. The van der Waals surface area contributed by atoms with E-state index in [1.54, 1.807) is 30.4 Å². The van der Waals surface area contributed by atoms with E-state index in [0.717, 1.165) is 12.0 Å². The van der Waals surface area contributed by atoms with Gasteiger partial charge in [0.05, 0.1) is 30.1 Å². The van der Waals surface area contributed by atoms with Gasteiger partial charge in [-0.3, -0.25) is 4.79 Å². The van der Waals surface area contributed by atoms with Gasteiger partial charge in [-0.15, -0.1) is 0 Å². The van der Waals surface area contributed by atoms with E-state index in [0.29, 0.717) is 13.1 Å². The third kappa shape index (κ3) is 5.04. The number of ether oxygens (including phenoxy) is 1. The van der Waals surface area contributed by atoms with E-state index in [-0.39, 0.29) is 23.8 Å². The first-order chi connectivity index (χ1) is 15.0. The summed E-state index contributed by atoms with van der Waals surface area (Å²) in [6, 6.07) is 15.4. The van der Waals surface area contributed by atoms with Crippen LogP contribution in [0, 0.1) is 0 Å². The number of carbonyl (C=O) groups is 1. The quantitative estimate of drug-likeness (QED) is 0.663. The Morgan fingerprint density at radius 1 is 1.06 bits per heavy atom. The second-order valence-corrected chi connectivity index (χ2v) is 9.49. The van der Waals surface area contributed by atoms with Crippen LogP contribution < -0.4 is 4.72 Å². The largest absolute Gasteiger partial charge is 0.394 e. The van der Waals surface area contributed by atoms with Gasteiger partial charge in [0.25, 0.3) is 0 Å². The minimum absolute atomic E-state index is 0.0239. The van der Waals surface area contributed by atoms with Crippen LogP contribution in [-0.4, -0.2) is 55.7 Å². The van der Waals surface area contributed by atoms with Crippen LogP contribution in [0.25, 0.3) is 0 Å². The molecule has 4 rings (SSSR count). The first-order valence-electron chi connectivity index (χ1n) is 10.3. The Morgan fingerprint density at radius 3 is 2.52 bits per heavy atom. The third-order valence-corrected chi connectivity index (χ3v) is 7.14. The minimum Gasteiger partial charge on any atom is -0.394 e. The lowest BCUT2D eigenvalue weighted by Gasteiger charge is -2.33. The Hall–Kier alpha value is -2.52. The lowest BCUT2D eigenvalue weighted by atomic mass is 9.99. The molecule has 2 heterocycles. The molecule has 0 saturated heterocycles. The molecule has 0 aromatic heterocycles. The van der Waals surface area contributed by atoms with E-state index in [2.05, 4.69) is 10.8 Å². The highest BCUT2D eigenvalue weighted by Gasteiger charge is 2.32. The summed E-state index contributed by atoms with van der Waals surface area (Å²) in [6.45, 7) is 0.873. The Kier molecular flexibility index (Phi) is 6.52. The standard InChI is InChI=1S/C23H26N2O5S/c26-16-22-21(24-31(28,29)20-8-2-1-3-9-20)11-10-19(30-22)14-23(27)25-13-12-17-6-4-5-7-18(17)15-25/h1-11,19,21-22,24,26H,12-16H2/t19-,21-,22+/m1/s1. The van der Waals surface area contributed by atoms with Crippen molar-refractivity contribution in [3.05, 3.63) is 77.9 Å². The molecule has 31 heavy (non-hydrogen) atoms. The highest BCUT2D eigenvalue weighted by Crippen LogP contribution is 2.22. The van der Waals surface area contributed by atoms with Crippen LogP contribution in [-0.2, 0) is 32.5 Å². The number of nitrogens with one attached hydrogen (secondary N) is 1. The number of carbonyl (C=O) groups excluding carboxylic acids is 1. The number of sulfonamides is 1. The molecule has 0 unspecified atom stereocenters. The molecule has 0 aliphatic carbocycles. The van der Waals surface area contributed by atoms with E-state index < -0.39 is 28.3 Å². The molecule has 2 aromatic carbocycles. The van der Waals surface area contributed by atoms with E-state index in [9.17, 15) is 18.3 Å². The lowest BCUT2D eigenvalue weighted by Crippen LogP contribution is -2.49. The van der Waals surface area contributed by atoms with Crippen LogP contribution in [0.5, 0.6) is 0 Å². The van der Waals surface area contributed by atoms with Gasteiger partial charge in [-0.05, 0) is 29.7 Å². The van der Waals surface area contributed by atoms with Crippen molar-refractivity contribution < 1.29 is 23.1 Å². The Balaban J connectivity index is 1.39. The normalized spacial score (nSPS) is 23.4. The van der Waals surface area contributed by atoms with Gasteiger partial charge in [0, 0.05) is 13.1 Å². The van der Waals surface area contributed by atoms with Crippen LogP contribution in [0.3, 0.4) is 0 Å². The third-order valence-electron chi connectivity index (χ3n) is 5.67. The smallest absolute Gasteiger partial charge is 0.241 e.